The van der Waals surface area contributed by atoms with Crippen molar-refractivity contribution in [1.29, 1.82) is 0 Å². The lowest BCUT2D eigenvalue weighted by molar-refractivity contribution is -0.208. The van der Waals surface area contributed by atoms with E-state index in [0.717, 1.165) is 46.6 Å². The van der Waals surface area contributed by atoms with Gasteiger partial charge in [0.25, 0.3) is 0 Å². The van der Waals surface area contributed by atoms with Crippen molar-refractivity contribution < 1.29 is 65.9 Å². The van der Waals surface area contributed by atoms with Gasteiger partial charge >= 0.3 is 36.0 Å². The molecule has 1 N–H and O–H groups in total. The number of benzene rings is 2. The number of carbonyl (C=O) groups excluding carboxylic acids is 5. The van der Waals surface area contributed by atoms with Crippen LogP contribution in [-0.4, -0.2) is 69.0 Å². The summed E-state index contributed by atoms with van der Waals surface area (Å²) >= 11 is 0. The van der Waals surface area contributed by atoms with E-state index in [-0.39, 0.29) is 5.56 Å². The maximum absolute atomic E-state index is 14.3. The molecule has 14 heteroatoms. The van der Waals surface area contributed by atoms with Crippen molar-refractivity contribution in [2.45, 2.75) is 24.1 Å². The van der Waals surface area contributed by atoms with Crippen molar-refractivity contribution in [1.82, 2.24) is 0 Å². The predicted octanol–water partition coefficient (Wildman–Crippen LogP) is 3.21. The van der Waals surface area contributed by atoms with Gasteiger partial charge in [-0.1, -0.05) is 36.4 Å². The molecule has 0 radical (unpaired) electrons. The van der Waals surface area contributed by atoms with E-state index < -0.39 is 100 Å². The minimum atomic E-state index is -4.94. The molecule has 11 nitrogen and oxygen atoms in total. The zero-order valence-corrected chi connectivity index (χ0v) is 24.5. The van der Waals surface area contributed by atoms with Crippen molar-refractivity contribution in [3.63, 3.8) is 0 Å². The van der Waals surface area contributed by atoms with Gasteiger partial charge in [0.2, 0.25) is 0 Å². The van der Waals surface area contributed by atoms with Crippen molar-refractivity contribution in [3.05, 3.63) is 82.6 Å². The first kappa shape index (κ1) is 33.2. The lowest BCUT2D eigenvalue weighted by Crippen LogP contribution is -2.68. The molecule has 0 aliphatic heterocycles. The number of ether oxygens (including phenoxy) is 5. The van der Waals surface area contributed by atoms with Gasteiger partial charge in [-0.25, -0.2) is 9.59 Å². The zero-order chi connectivity index (χ0) is 33.3. The van der Waals surface area contributed by atoms with Gasteiger partial charge in [0.1, 0.15) is 17.3 Å². The molecular weight excluding hydrogens is 605 g/mol. The molecule has 2 aromatic carbocycles. The third-order valence-electron chi connectivity index (χ3n) is 8.30. The molecule has 45 heavy (non-hydrogen) atoms. The average Bonchev–Trinajstić information content (AvgIpc) is 3.03. The lowest BCUT2D eigenvalue weighted by atomic mass is 9.49. The third-order valence-corrected chi connectivity index (χ3v) is 8.30. The molecule has 240 valence electrons. The van der Waals surface area contributed by atoms with Gasteiger partial charge < -0.3 is 28.8 Å². The quantitative estimate of drug-likeness (QED) is 0.353. The molecule has 1 fully saturated rings. The van der Waals surface area contributed by atoms with Crippen molar-refractivity contribution >= 4 is 29.8 Å². The first-order valence-corrected chi connectivity index (χ1v) is 13.5. The first-order valence-electron chi connectivity index (χ1n) is 13.5. The highest BCUT2D eigenvalue weighted by molar-refractivity contribution is 5.98. The molecule has 0 saturated heterocycles. The molecule has 2 aromatic rings. The fourth-order valence-corrected chi connectivity index (χ4v) is 6.54. The van der Waals surface area contributed by atoms with Crippen molar-refractivity contribution in [3.8, 4) is 0 Å². The molecule has 0 spiro atoms. The normalized spacial score (nSPS) is 25.9. The highest BCUT2D eigenvalue weighted by Gasteiger charge is 2.72. The van der Waals surface area contributed by atoms with E-state index in [1.54, 1.807) is 6.07 Å². The SMILES string of the molecule is COC(=O)C1=C(OC(=O)c2ccccc2)C(C(=O)OC)[C@@]2(O)[C@@H](C(=O)OC)C(c3ccccc3C(F)(F)F)C[C@@H]1[C@@H]2C(=O)OC. The highest BCUT2D eigenvalue weighted by atomic mass is 19.4. The number of rotatable bonds is 7. The Morgan fingerprint density at radius 2 is 1.27 bits per heavy atom. The fourth-order valence-electron chi connectivity index (χ4n) is 6.54. The van der Waals surface area contributed by atoms with Crippen LogP contribution in [0.2, 0.25) is 0 Å². The molecule has 2 aliphatic carbocycles. The van der Waals surface area contributed by atoms with E-state index in [9.17, 15) is 42.3 Å². The lowest BCUT2D eigenvalue weighted by Gasteiger charge is -2.56. The Morgan fingerprint density at radius 1 is 0.733 bits per heavy atom. The van der Waals surface area contributed by atoms with Gasteiger partial charge in [-0.2, -0.15) is 13.2 Å². The fraction of sp³-hybridized carbons (Fsp3) is 0.387. The minimum Gasteiger partial charge on any atom is -0.469 e. The van der Waals surface area contributed by atoms with E-state index in [4.69, 9.17) is 23.7 Å². The van der Waals surface area contributed by atoms with Crippen molar-refractivity contribution in [2.75, 3.05) is 28.4 Å². The number of fused-ring (bicyclic) bond motifs is 2. The summed E-state index contributed by atoms with van der Waals surface area (Å²) < 4.78 is 68.1. The maximum Gasteiger partial charge on any atom is 0.416 e. The Morgan fingerprint density at radius 3 is 1.80 bits per heavy atom. The number of esters is 5. The molecule has 0 amide bonds. The van der Waals surface area contributed by atoms with Gasteiger partial charge in [0, 0.05) is 11.8 Å². The predicted molar refractivity (Wildman–Crippen MR) is 145 cm³/mol. The number of hydrogen-bond donors (Lipinski definition) is 1. The van der Waals surface area contributed by atoms with Gasteiger partial charge in [0.05, 0.1) is 57.0 Å². The Balaban J connectivity index is 2.12. The van der Waals surface area contributed by atoms with E-state index in [0.29, 0.717) is 0 Å². The summed E-state index contributed by atoms with van der Waals surface area (Å²) in [5, 5.41) is 12.7. The molecule has 0 aromatic heterocycles. The Bertz CT molecular complexity index is 1530. The van der Waals surface area contributed by atoms with Crippen LogP contribution in [0.15, 0.2) is 65.9 Å². The van der Waals surface area contributed by atoms with Crippen LogP contribution in [0.25, 0.3) is 0 Å². The summed E-state index contributed by atoms with van der Waals surface area (Å²) in [6, 6.07) is 11.5. The molecule has 1 saturated carbocycles. The largest absolute Gasteiger partial charge is 0.469 e. The van der Waals surface area contributed by atoms with E-state index in [1.165, 1.54) is 30.3 Å². The van der Waals surface area contributed by atoms with Crippen LogP contribution < -0.4 is 0 Å². The van der Waals surface area contributed by atoms with Gasteiger partial charge in [-0.05, 0) is 30.2 Å². The molecule has 6 atom stereocenters. The summed E-state index contributed by atoms with van der Waals surface area (Å²) in [4.78, 5) is 67.3. The van der Waals surface area contributed by atoms with Gasteiger partial charge in [0.15, 0.2) is 0 Å². The van der Waals surface area contributed by atoms with Crippen LogP contribution in [-0.2, 0) is 49.0 Å². The Kier molecular flexibility index (Phi) is 9.38. The molecule has 2 unspecified atom stereocenters. The third kappa shape index (κ3) is 5.65. The van der Waals surface area contributed by atoms with Crippen LogP contribution in [0.4, 0.5) is 13.2 Å². The number of carbonyl (C=O) groups is 5. The Hall–Kier alpha value is -4.72. The molecule has 0 heterocycles. The molecule has 4 rings (SSSR count). The number of methoxy groups -OCH3 is 4. The maximum atomic E-state index is 14.3. The molecule has 2 aliphatic rings. The van der Waals surface area contributed by atoms with E-state index >= 15 is 0 Å². The molecular formula is C31H29F3O11. The van der Waals surface area contributed by atoms with Crippen LogP contribution in [0, 0.1) is 23.7 Å². The monoisotopic (exact) mass is 634 g/mol. The topological polar surface area (TPSA) is 152 Å². The second-order valence-electron chi connectivity index (χ2n) is 10.4. The minimum absolute atomic E-state index is 0.0495. The Labute approximate surface area is 254 Å². The summed E-state index contributed by atoms with van der Waals surface area (Å²) in [6.45, 7) is 0. The van der Waals surface area contributed by atoms with Crippen LogP contribution >= 0.6 is 0 Å². The highest BCUT2D eigenvalue weighted by Crippen LogP contribution is 2.61. The number of hydrogen-bond acceptors (Lipinski definition) is 11. The van der Waals surface area contributed by atoms with Crippen LogP contribution in [0.1, 0.15) is 33.8 Å². The van der Waals surface area contributed by atoms with E-state index in [2.05, 4.69) is 0 Å². The number of halogens is 3. The zero-order valence-electron chi connectivity index (χ0n) is 24.5. The first-order chi connectivity index (χ1) is 21.3. The average molecular weight is 635 g/mol. The van der Waals surface area contributed by atoms with Gasteiger partial charge in [-0.3, -0.25) is 14.4 Å². The summed E-state index contributed by atoms with van der Waals surface area (Å²) in [7, 11) is 3.67. The van der Waals surface area contributed by atoms with Crippen LogP contribution in [0.5, 0.6) is 0 Å². The smallest absolute Gasteiger partial charge is 0.416 e. The number of alkyl halides is 3. The summed E-state index contributed by atoms with van der Waals surface area (Å²) in [6.07, 6.45) is -5.52. The van der Waals surface area contributed by atoms with Gasteiger partial charge in [-0.15, -0.1) is 0 Å². The second-order valence-corrected chi connectivity index (χ2v) is 10.4. The number of aliphatic hydroxyl groups is 1. The van der Waals surface area contributed by atoms with Crippen LogP contribution in [0.3, 0.4) is 0 Å². The second kappa shape index (κ2) is 12.7. The summed E-state index contributed by atoms with van der Waals surface area (Å²) in [5.41, 5.74) is -5.33. The molecule has 2 bridgehead atoms. The van der Waals surface area contributed by atoms with Crippen molar-refractivity contribution in [2.24, 2.45) is 23.7 Å². The van der Waals surface area contributed by atoms with E-state index in [1.807, 2.05) is 0 Å². The standard InChI is InChI=1S/C31H29F3O11/c1-41-26(36)20-18-14-17(16-12-8-9-13-19(16)31(32,33)34)21(27(37)42-2)30(40,22(18)28(38)43-3)23(29(39)44-4)24(20)45-25(35)15-10-6-5-7-11-15/h5-13,17-18,21-23,40H,14H2,1-4H3/t17?,18-,21+,22+,23?,30+/m0/s1. The summed E-state index contributed by atoms with van der Waals surface area (Å²) in [5.74, 6) is -16.6.